The Morgan fingerprint density at radius 1 is 1.08 bits per heavy atom. The molecule has 0 saturated carbocycles. The van der Waals surface area contributed by atoms with E-state index in [9.17, 15) is 0 Å². The maximum atomic E-state index is 4.43. The quantitative estimate of drug-likeness (QED) is 0.449. The van der Waals surface area contributed by atoms with Gasteiger partial charge in [0.1, 0.15) is 6.33 Å². The van der Waals surface area contributed by atoms with Crippen molar-refractivity contribution in [1.82, 2.24) is 19.5 Å². The van der Waals surface area contributed by atoms with Gasteiger partial charge in [0.15, 0.2) is 17.0 Å². The highest BCUT2D eigenvalue weighted by Crippen LogP contribution is 2.18. The third-order valence-corrected chi connectivity index (χ3v) is 4.31. The van der Waals surface area contributed by atoms with Gasteiger partial charge in [0.05, 0.1) is 19.1 Å². The number of benzene rings is 1. The fourth-order valence-electron chi connectivity index (χ4n) is 2.38. The van der Waals surface area contributed by atoms with Crippen LogP contribution in [-0.2, 0) is 6.54 Å². The summed E-state index contributed by atoms with van der Waals surface area (Å²) < 4.78 is 2.00. The van der Waals surface area contributed by atoms with Crippen LogP contribution in [0.2, 0.25) is 0 Å². The molecule has 0 bridgehead atoms. The van der Waals surface area contributed by atoms with Gasteiger partial charge in [0.2, 0.25) is 0 Å². The van der Waals surface area contributed by atoms with E-state index in [2.05, 4.69) is 37.6 Å². The Balaban J connectivity index is 1.59. The van der Waals surface area contributed by atoms with Crippen molar-refractivity contribution in [1.29, 1.82) is 0 Å². The van der Waals surface area contributed by atoms with Crippen molar-refractivity contribution in [3.8, 4) is 0 Å². The molecule has 1 aromatic carbocycles. The number of hydrogen-bond donors (Lipinski definition) is 1. The van der Waals surface area contributed by atoms with E-state index >= 15 is 0 Å². The number of nitrogens with one attached hydrogen (secondary N) is 1. The predicted octanol–water partition coefficient (Wildman–Crippen LogP) is 3.38. The highest BCUT2D eigenvalue weighted by atomic mass is 32.1. The van der Waals surface area contributed by atoms with Crippen LogP contribution in [0.5, 0.6) is 0 Å². The van der Waals surface area contributed by atoms with Crippen molar-refractivity contribution >= 4 is 34.5 Å². The maximum Gasteiger partial charge on any atom is 0.177 e. The lowest BCUT2D eigenvalue weighted by molar-refractivity contribution is 0.813. The summed E-state index contributed by atoms with van der Waals surface area (Å²) in [6.45, 7) is 0.715. The second-order valence-corrected chi connectivity index (χ2v) is 6.12. The van der Waals surface area contributed by atoms with Crippen LogP contribution in [0.25, 0.3) is 11.2 Å². The fourth-order valence-corrected chi connectivity index (χ4v) is 2.97. The molecule has 3 heterocycles. The molecule has 4 aromatic rings. The SMILES string of the molecule is C(=N\Nc1ncnc2c1ncn2Cc1ccccc1)/c1cccs1. The standard InChI is InChI=1S/C17H14N6S/c1-2-5-13(6-3-1)10-23-12-20-15-16(18-11-19-17(15)23)22-21-9-14-7-4-8-24-14/h1-9,11-12H,10H2,(H,18,19,22)/b21-9+. The summed E-state index contributed by atoms with van der Waals surface area (Å²) in [4.78, 5) is 14.1. The molecular formula is C17H14N6S. The first-order chi connectivity index (χ1) is 11.9. The summed E-state index contributed by atoms with van der Waals surface area (Å²) in [6, 6.07) is 14.2. The minimum Gasteiger partial charge on any atom is -0.311 e. The maximum absolute atomic E-state index is 4.43. The van der Waals surface area contributed by atoms with Crippen LogP contribution in [-0.4, -0.2) is 25.7 Å². The second-order valence-electron chi connectivity index (χ2n) is 5.14. The monoisotopic (exact) mass is 334 g/mol. The molecule has 0 spiro atoms. The van der Waals surface area contributed by atoms with E-state index in [1.165, 1.54) is 11.9 Å². The third kappa shape index (κ3) is 3.02. The molecule has 0 amide bonds. The van der Waals surface area contributed by atoms with Crippen molar-refractivity contribution in [2.75, 3.05) is 5.43 Å². The Bertz CT molecular complexity index is 959. The van der Waals surface area contributed by atoms with Crippen molar-refractivity contribution in [2.24, 2.45) is 5.10 Å². The lowest BCUT2D eigenvalue weighted by Crippen LogP contribution is -2.00. The van der Waals surface area contributed by atoms with Gasteiger partial charge in [-0.3, -0.25) is 5.43 Å². The molecule has 6 nitrogen and oxygen atoms in total. The Hall–Kier alpha value is -3.06. The fraction of sp³-hybridized carbons (Fsp3) is 0.0588. The van der Waals surface area contributed by atoms with Gasteiger partial charge in [-0.15, -0.1) is 11.3 Å². The summed E-state index contributed by atoms with van der Waals surface area (Å²) in [5.41, 5.74) is 5.63. The Morgan fingerprint density at radius 2 is 2.00 bits per heavy atom. The molecular weight excluding hydrogens is 320 g/mol. The zero-order valence-corrected chi connectivity index (χ0v) is 13.5. The summed E-state index contributed by atoms with van der Waals surface area (Å²) in [6.07, 6.45) is 5.06. The van der Waals surface area contributed by atoms with Crippen LogP contribution in [0.1, 0.15) is 10.4 Å². The largest absolute Gasteiger partial charge is 0.311 e. The first-order valence-corrected chi connectivity index (χ1v) is 8.30. The average Bonchev–Trinajstić information content (AvgIpc) is 3.27. The number of imidazole rings is 1. The average molecular weight is 334 g/mol. The molecule has 0 saturated heterocycles. The molecule has 0 radical (unpaired) electrons. The Labute approximate surface area is 142 Å². The number of fused-ring (bicyclic) bond motifs is 1. The van der Waals surface area contributed by atoms with Gasteiger partial charge in [-0.1, -0.05) is 36.4 Å². The molecule has 0 aliphatic rings. The van der Waals surface area contributed by atoms with E-state index in [4.69, 9.17) is 0 Å². The van der Waals surface area contributed by atoms with E-state index in [1.807, 2.05) is 40.3 Å². The highest BCUT2D eigenvalue weighted by molar-refractivity contribution is 7.11. The predicted molar refractivity (Wildman–Crippen MR) is 96.4 cm³/mol. The van der Waals surface area contributed by atoms with Crippen molar-refractivity contribution < 1.29 is 0 Å². The molecule has 0 fully saturated rings. The number of thiophene rings is 1. The summed E-state index contributed by atoms with van der Waals surface area (Å²) in [5.74, 6) is 0.597. The molecule has 1 N–H and O–H groups in total. The first kappa shape index (κ1) is 14.5. The van der Waals surface area contributed by atoms with Crippen molar-refractivity contribution in [3.63, 3.8) is 0 Å². The van der Waals surface area contributed by atoms with Crippen molar-refractivity contribution in [3.05, 3.63) is 70.9 Å². The summed E-state index contributed by atoms with van der Waals surface area (Å²) in [7, 11) is 0. The van der Waals surface area contributed by atoms with Gasteiger partial charge in [0.25, 0.3) is 0 Å². The normalized spacial score (nSPS) is 11.3. The van der Waals surface area contributed by atoms with E-state index in [0.717, 1.165) is 10.5 Å². The van der Waals surface area contributed by atoms with E-state index in [0.29, 0.717) is 17.9 Å². The van der Waals surface area contributed by atoms with Gasteiger partial charge in [-0.2, -0.15) is 5.10 Å². The number of anilines is 1. The molecule has 0 aliphatic carbocycles. The number of aromatic nitrogens is 4. The highest BCUT2D eigenvalue weighted by Gasteiger charge is 2.09. The molecule has 0 aliphatic heterocycles. The number of rotatable bonds is 5. The van der Waals surface area contributed by atoms with E-state index < -0.39 is 0 Å². The Morgan fingerprint density at radius 3 is 2.83 bits per heavy atom. The van der Waals surface area contributed by atoms with Gasteiger partial charge >= 0.3 is 0 Å². The number of nitrogens with zero attached hydrogens (tertiary/aromatic N) is 5. The van der Waals surface area contributed by atoms with Crippen LogP contribution in [0.4, 0.5) is 5.82 Å². The zero-order valence-electron chi connectivity index (χ0n) is 12.7. The summed E-state index contributed by atoms with van der Waals surface area (Å²) in [5, 5.41) is 6.23. The molecule has 4 rings (SSSR count). The van der Waals surface area contributed by atoms with Gasteiger partial charge in [-0.25, -0.2) is 15.0 Å². The molecule has 3 aromatic heterocycles. The second kappa shape index (κ2) is 6.59. The number of hydrogen-bond acceptors (Lipinski definition) is 6. The van der Waals surface area contributed by atoms with Crippen LogP contribution in [0, 0.1) is 0 Å². The Kier molecular flexibility index (Phi) is 3.99. The van der Waals surface area contributed by atoms with E-state index in [-0.39, 0.29) is 0 Å². The molecule has 24 heavy (non-hydrogen) atoms. The summed E-state index contributed by atoms with van der Waals surface area (Å²) >= 11 is 1.63. The van der Waals surface area contributed by atoms with Gasteiger partial charge in [-0.05, 0) is 17.0 Å². The van der Waals surface area contributed by atoms with Crippen molar-refractivity contribution in [2.45, 2.75) is 6.54 Å². The van der Waals surface area contributed by atoms with Gasteiger partial charge < -0.3 is 4.57 Å². The van der Waals surface area contributed by atoms with Gasteiger partial charge in [0, 0.05) is 4.88 Å². The third-order valence-electron chi connectivity index (χ3n) is 3.50. The van der Waals surface area contributed by atoms with E-state index in [1.54, 1.807) is 23.9 Å². The molecule has 118 valence electrons. The van der Waals surface area contributed by atoms with Crippen LogP contribution in [0.3, 0.4) is 0 Å². The lowest BCUT2D eigenvalue weighted by Gasteiger charge is -2.04. The minimum absolute atomic E-state index is 0.597. The molecule has 0 unspecified atom stereocenters. The first-order valence-electron chi connectivity index (χ1n) is 7.42. The topological polar surface area (TPSA) is 68.0 Å². The number of hydrazone groups is 1. The van der Waals surface area contributed by atoms with Crippen LogP contribution >= 0.6 is 11.3 Å². The smallest absolute Gasteiger partial charge is 0.177 e. The molecule has 7 heteroatoms. The lowest BCUT2D eigenvalue weighted by atomic mass is 10.2. The molecule has 0 atom stereocenters. The minimum atomic E-state index is 0.597. The zero-order chi connectivity index (χ0) is 16.2. The van der Waals surface area contributed by atoms with Crippen LogP contribution < -0.4 is 5.43 Å². The van der Waals surface area contributed by atoms with Crippen LogP contribution in [0.15, 0.2) is 65.6 Å².